The standard InChI is InChI=1S/C23H46N2O/c1-3-4-5-6-7-8-9-10-11-12-13-14-15-16-17-19-23(26)22-25(2)21-18-20-24/h10-11H,3-9,12-22,24H2,1-2H3/b11-10-. The second-order valence-electron chi connectivity index (χ2n) is 7.75. The first-order valence-electron chi connectivity index (χ1n) is 11.3. The third-order valence-corrected chi connectivity index (χ3v) is 4.91. The van der Waals surface area contributed by atoms with Gasteiger partial charge >= 0.3 is 0 Å². The number of allylic oxidation sites excluding steroid dienone is 2. The zero-order chi connectivity index (χ0) is 19.3. The van der Waals surface area contributed by atoms with Gasteiger partial charge in [0.05, 0.1) is 6.54 Å². The molecular weight excluding hydrogens is 320 g/mol. The first-order valence-corrected chi connectivity index (χ1v) is 11.3. The van der Waals surface area contributed by atoms with Gasteiger partial charge in [-0.05, 0) is 58.7 Å². The van der Waals surface area contributed by atoms with E-state index >= 15 is 0 Å². The molecule has 26 heavy (non-hydrogen) atoms. The number of nitrogens with two attached hydrogens (primary N) is 1. The molecule has 0 saturated carbocycles. The van der Waals surface area contributed by atoms with E-state index < -0.39 is 0 Å². The van der Waals surface area contributed by atoms with Crippen LogP contribution in [0.3, 0.4) is 0 Å². The van der Waals surface area contributed by atoms with Crippen LogP contribution in [0, 0.1) is 0 Å². The first kappa shape index (κ1) is 25.3. The highest BCUT2D eigenvalue weighted by Crippen LogP contribution is 2.10. The van der Waals surface area contributed by atoms with Crippen molar-refractivity contribution in [1.82, 2.24) is 4.90 Å². The summed E-state index contributed by atoms with van der Waals surface area (Å²) < 4.78 is 0. The van der Waals surface area contributed by atoms with E-state index in [4.69, 9.17) is 5.73 Å². The Morgan fingerprint density at radius 2 is 1.35 bits per heavy atom. The summed E-state index contributed by atoms with van der Waals surface area (Å²) in [5.41, 5.74) is 5.49. The van der Waals surface area contributed by atoms with Gasteiger partial charge in [-0.3, -0.25) is 9.69 Å². The van der Waals surface area contributed by atoms with E-state index in [0.717, 1.165) is 25.8 Å². The van der Waals surface area contributed by atoms with Crippen LogP contribution in [-0.4, -0.2) is 37.4 Å². The lowest BCUT2D eigenvalue weighted by atomic mass is 10.1. The number of ketones is 1. The Morgan fingerprint density at radius 3 is 1.92 bits per heavy atom. The minimum atomic E-state index is 0.377. The van der Waals surface area contributed by atoms with Gasteiger partial charge in [-0.15, -0.1) is 0 Å². The maximum Gasteiger partial charge on any atom is 0.146 e. The number of Topliss-reactive ketones (excluding diaryl/α,β-unsaturated/α-hetero) is 1. The summed E-state index contributed by atoms with van der Waals surface area (Å²) in [6.07, 6.45) is 23.3. The van der Waals surface area contributed by atoms with E-state index in [1.807, 2.05) is 7.05 Å². The Bertz CT molecular complexity index is 328. The van der Waals surface area contributed by atoms with Crippen LogP contribution in [0.2, 0.25) is 0 Å². The molecule has 3 nitrogen and oxygen atoms in total. The summed E-state index contributed by atoms with van der Waals surface area (Å²) >= 11 is 0. The summed E-state index contributed by atoms with van der Waals surface area (Å²) in [4.78, 5) is 14.0. The van der Waals surface area contributed by atoms with Crippen molar-refractivity contribution in [2.75, 3.05) is 26.7 Å². The third kappa shape index (κ3) is 19.7. The van der Waals surface area contributed by atoms with Crippen LogP contribution in [-0.2, 0) is 4.79 Å². The maximum atomic E-state index is 11.9. The Morgan fingerprint density at radius 1 is 0.808 bits per heavy atom. The summed E-state index contributed by atoms with van der Waals surface area (Å²) in [7, 11) is 2.01. The molecule has 0 heterocycles. The molecule has 0 rings (SSSR count). The third-order valence-electron chi connectivity index (χ3n) is 4.91. The van der Waals surface area contributed by atoms with E-state index in [9.17, 15) is 4.79 Å². The number of hydrogen-bond donors (Lipinski definition) is 1. The van der Waals surface area contributed by atoms with Gasteiger partial charge in [0.1, 0.15) is 5.78 Å². The van der Waals surface area contributed by atoms with E-state index in [1.54, 1.807) is 0 Å². The quantitative estimate of drug-likeness (QED) is 0.216. The fourth-order valence-electron chi connectivity index (χ4n) is 3.21. The molecule has 0 aromatic heterocycles. The average Bonchev–Trinajstić information content (AvgIpc) is 2.63. The molecule has 0 aromatic rings. The number of rotatable bonds is 20. The molecule has 3 heteroatoms. The van der Waals surface area contributed by atoms with Crippen molar-refractivity contribution in [2.24, 2.45) is 5.73 Å². The van der Waals surface area contributed by atoms with Gasteiger partial charge < -0.3 is 5.73 Å². The van der Waals surface area contributed by atoms with Crippen molar-refractivity contribution >= 4 is 5.78 Å². The number of likely N-dealkylation sites (N-methyl/N-ethyl adjacent to an activating group) is 1. The molecule has 0 unspecified atom stereocenters. The van der Waals surface area contributed by atoms with Gasteiger partial charge in [0, 0.05) is 6.42 Å². The van der Waals surface area contributed by atoms with Gasteiger partial charge in [0.2, 0.25) is 0 Å². The Kier molecular flexibility index (Phi) is 20.1. The van der Waals surface area contributed by atoms with E-state index in [2.05, 4.69) is 24.0 Å². The van der Waals surface area contributed by atoms with Crippen LogP contribution in [0.25, 0.3) is 0 Å². The van der Waals surface area contributed by atoms with Crippen molar-refractivity contribution < 1.29 is 4.79 Å². The lowest BCUT2D eigenvalue weighted by molar-refractivity contribution is -0.120. The van der Waals surface area contributed by atoms with Crippen LogP contribution in [0.15, 0.2) is 12.2 Å². The van der Waals surface area contributed by atoms with Gasteiger partial charge in [0.25, 0.3) is 0 Å². The minimum absolute atomic E-state index is 0.377. The largest absolute Gasteiger partial charge is 0.330 e. The normalized spacial score (nSPS) is 11.7. The van der Waals surface area contributed by atoms with E-state index in [1.165, 1.54) is 77.0 Å². The zero-order valence-corrected chi connectivity index (χ0v) is 17.8. The van der Waals surface area contributed by atoms with E-state index in [-0.39, 0.29) is 0 Å². The zero-order valence-electron chi connectivity index (χ0n) is 17.8. The molecular formula is C23H46N2O. The highest BCUT2D eigenvalue weighted by atomic mass is 16.1. The Labute approximate surface area is 163 Å². The molecule has 0 spiro atoms. The summed E-state index contributed by atoms with van der Waals surface area (Å²) in [5, 5.41) is 0. The van der Waals surface area contributed by atoms with Crippen molar-refractivity contribution in [2.45, 2.75) is 103 Å². The molecule has 0 atom stereocenters. The first-order chi connectivity index (χ1) is 12.7. The molecule has 0 aliphatic carbocycles. The SMILES string of the molecule is CCCCCCCC/C=C\CCCCCCCC(=O)CN(C)CCCN. The predicted octanol–water partition coefficient (Wildman–Crippen LogP) is 5.87. The highest BCUT2D eigenvalue weighted by molar-refractivity contribution is 5.80. The molecule has 0 radical (unpaired) electrons. The molecule has 0 fully saturated rings. The van der Waals surface area contributed by atoms with Crippen LogP contribution in [0.5, 0.6) is 0 Å². The average molecular weight is 367 g/mol. The smallest absolute Gasteiger partial charge is 0.146 e. The number of nitrogens with zero attached hydrogens (tertiary/aromatic N) is 1. The number of unbranched alkanes of at least 4 members (excludes halogenated alkanes) is 11. The molecule has 0 saturated heterocycles. The van der Waals surface area contributed by atoms with Crippen molar-refractivity contribution in [1.29, 1.82) is 0 Å². The van der Waals surface area contributed by atoms with Crippen LogP contribution in [0.1, 0.15) is 103 Å². The molecule has 154 valence electrons. The molecule has 0 amide bonds. The number of carbonyl (C=O) groups excluding carboxylic acids is 1. The predicted molar refractivity (Wildman–Crippen MR) is 116 cm³/mol. The van der Waals surface area contributed by atoms with Crippen LogP contribution >= 0.6 is 0 Å². The van der Waals surface area contributed by atoms with Crippen LogP contribution in [0.4, 0.5) is 0 Å². The van der Waals surface area contributed by atoms with Gasteiger partial charge in [-0.2, -0.15) is 0 Å². The van der Waals surface area contributed by atoms with Crippen molar-refractivity contribution in [3.63, 3.8) is 0 Å². The van der Waals surface area contributed by atoms with Crippen LogP contribution < -0.4 is 5.73 Å². The van der Waals surface area contributed by atoms with Crippen molar-refractivity contribution in [3.05, 3.63) is 12.2 Å². The summed E-state index contributed by atoms with van der Waals surface area (Å²) in [6, 6.07) is 0. The second-order valence-corrected chi connectivity index (χ2v) is 7.75. The lowest BCUT2D eigenvalue weighted by Gasteiger charge is -2.14. The molecule has 2 N–H and O–H groups in total. The number of carbonyl (C=O) groups is 1. The number of hydrogen-bond acceptors (Lipinski definition) is 3. The molecule has 0 aliphatic rings. The summed E-state index contributed by atoms with van der Waals surface area (Å²) in [5.74, 6) is 0.377. The maximum absolute atomic E-state index is 11.9. The minimum Gasteiger partial charge on any atom is -0.330 e. The van der Waals surface area contributed by atoms with Gasteiger partial charge in [-0.25, -0.2) is 0 Å². The van der Waals surface area contributed by atoms with Crippen molar-refractivity contribution in [3.8, 4) is 0 Å². The fourth-order valence-corrected chi connectivity index (χ4v) is 3.21. The Balaban J connectivity index is 3.28. The topological polar surface area (TPSA) is 46.3 Å². The summed E-state index contributed by atoms with van der Waals surface area (Å²) in [6.45, 7) is 4.48. The fraction of sp³-hybridized carbons (Fsp3) is 0.870. The highest BCUT2D eigenvalue weighted by Gasteiger charge is 2.05. The monoisotopic (exact) mass is 366 g/mol. The van der Waals surface area contributed by atoms with Gasteiger partial charge in [0.15, 0.2) is 0 Å². The molecule has 0 bridgehead atoms. The second kappa shape index (κ2) is 20.6. The molecule has 0 aliphatic heterocycles. The lowest BCUT2D eigenvalue weighted by Crippen LogP contribution is -2.28. The van der Waals surface area contributed by atoms with E-state index in [0.29, 0.717) is 18.9 Å². The van der Waals surface area contributed by atoms with Gasteiger partial charge in [-0.1, -0.05) is 70.4 Å². The molecule has 0 aromatic carbocycles. The Hall–Kier alpha value is -0.670.